The van der Waals surface area contributed by atoms with Gasteiger partial charge in [-0.2, -0.15) is 0 Å². The number of benzene rings is 1. The summed E-state index contributed by atoms with van der Waals surface area (Å²) in [5.41, 5.74) is 1.47. The van der Waals surface area contributed by atoms with E-state index in [-0.39, 0.29) is 11.4 Å². The smallest absolute Gasteiger partial charge is 0.291 e. The van der Waals surface area contributed by atoms with Gasteiger partial charge in [0.2, 0.25) is 0 Å². The van der Waals surface area contributed by atoms with Gasteiger partial charge in [0, 0.05) is 12.1 Å². The Morgan fingerprint density at radius 2 is 2.05 bits per heavy atom. The zero-order chi connectivity index (χ0) is 14.7. The quantitative estimate of drug-likeness (QED) is 0.659. The van der Waals surface area contributed by atoms with Crippen LogP contribution in [0.3, 0.4) is 0 Å². The summed E-state index contributed by atoms with van der Waals surface area (Å²) in [7, 11) is 0. The van der Waals surface area contributed by atoms with Gasteiger partial charge in [-0.05, 0) is 40.5 Å². The van der Waals surface area contributed by atoms with Gasteiger partial charge in [-0.25, -0.2) is 4.98 Å². The summed E-state index contributed by atoms with van der Waals surface area (Å²) in [4.78, 5) is 14.4. The first-order valence-electron chi connectivity index (χ1n) is 5.80. The van der Waals surface area contributed by atoms with Gasteiger partial charge in [0.15, 0.2) is 0 Å². The molecule has 0 fully saturated rings. The molecule has 0 spiro atoms. The Morgan fingerprint density at radius 3 is 2.65 bits per heavy atom. The van der Waals surface area contributed by atoms with E-state index < -0.39 is 4.92 Å². The van der Waals surface area contributed by atoms with Crippen molar-refractivity contribution in [3.05, 3.63) is 56.2 Å². The number of aromatic nitrogens is 1. The highest BCUT2D eigenvalue weighted by atomic mass is 79.9. The molecule has 20 heavy (non-hydrogen) atoms. The average molecular weight is 338 g/mol. The number of nitro groups is 1. The average Bonchev–Trinajstić information content (AvgIpc) is 2.42. The molecule has 1 aromatic heterocycles. The van der Waals surface area contributed by atoms with E-state index >= 15 is 0 Å². The van der Waals surface area contributed by atoms with Crippen molar-refractivity contribution in [1.82, 2.24) is 4.98 Å². The summed E-state index contributed by atoms with van der Waals surface area (Å²) in [6, 6.07) is 6.77. The van der Waals surface area contributed by atoms with Crippen molar-refractivity contribution in [1.29, 1.82) is 0 Å². The van der Waals surface area contributed by atoms with Gasteiger partial charge in [0.1, 0.15) is 17.8 Å². The van der Waals surface area contributed by atoms with Crippen LogP contribution in [0.2, 0.25) is 0 Å². The molecule has 7 heteroatoms. The van der Waals surface area contributed by atoms with Crippen LogP contribution in [-0.2, 0) is 6.54 Å². The molecule has 1 aromatic carbocycles. The molecule has 0 saturated heterocycles. The molecule has 0 amide bonds. The fraction of sp³-hybridized carbons (Fsp3) is 0.154. The molecule has 6 nitrogen and oxygen atoms in total. The SMILES string of the molecule is Cc1c([N+](=O)[O-])cnc(NCc2ccc(O)cc2)c1Br. The minimum Gasteiger partial charge on any atom is -0.508 e. The molecule has 0 aliphatic heterocycles. The van der Waals surface area contributed by atoms with Gasteiger partial charge in [-0.1, -0.05) is 12.1 Å². The highest BCUT2D eigenvalue weighted by Crippen LogP contribution is 2.30. The number of anilines is 1. The summed E-state index contributed by atoms with van der Waals surface area (Å²) >= 11 is 3.32. The fourth-order valence-corrected chi connectivity index (χ4v) is 2.12. The van der Waals surface area contributed by atoms with Crippen LogP contribution in [0.5, 0.6) is 5.75 Å². The van der Waals surface area contributed by atoms with Crippen molar-refractivity contribution in [2.45, 2.75) is 13.5 Å². The van der Waals surface area contributed by atoms with Gasteiger partial charge >= 0.3 is 0 Å². The van der Waals surface area contributed by atoms with E-state index in [1.165, 1.54) is 6.20 Å². The molecule has 0 radical (unpaired) electrons. The van der Waals surface area contributed by atoms with Crippen LogP contribution in [-0.4, -0.2) is 15.0 Å². The standard InChI is InChI=1S/C13H12BrN3O3/c1-8-11(17(19)20)7-16-13(12(8)14)15-6-9-2-4-10(18)5-3-9/h2-5,7,18H,6H2,1H3,(H,15,16). The van der Waals surface area contributed by atoms with Crippen LogP contribution in [0.4, 0.5) is 11.5 Å². The van der Waals surface area contributed by atoms with E-state index in [2.05, 4.69) is 26.2 Å². The molecule has 104 valence electrons. The molecule has 0 atom stereocenters. The molecule has 2 N–H and O–H groups in total. The molecule has 1 heterocycles. The number of hydrogen-bond acceptors (Lipinski definition) is 5. The van der Waals surface area contributed by atoms with Crippen LogP contribution in [0, 0.1) is 17.0 Å². The highest BCUT2D eigenvalue weighted by Gasteiger charge is 2.16. The Morgan fingerprint density at radius 1 is 1.40 bits per heavy atom. The Bertz CT molecular complexity index is 644. The first kappa shape index (κ1) is 14.3. The van der Waals surface area contributed by atoms with Crippen molar-refractivity contribution >= 4 is 27.4 Å². The molecule has 2 rings (SSSR count). The Labute approximate surface area is 123 Å². The van der Waals surface area contributed by atoms with E-state index in [9.17, 15) is 15.2 Å². The molecule has 0 unspecified atom stereocenters. The number of nitrogens with one attached hydrogen (secondary N) is 1. The van der Waals surface area contributed by atoms with E-state index in [1.807, 2.05) is 0 Å². The number of aromatic hydroxyl groups is 1. The van der Waals surface area contributed by atoms with E-state index in [1.54, 1.807) is 31.2 Å². The second-order valence-corrected chi connectivity index (χ2v) is 5.00. The topological polar surface area (TPSA) is 88.3 Å². The maximum Gasteiger partial charge on any atom is 0.291 e. The lowest BCUT2D eigenvalue weighted by Crippen LogP contribution is -2.04. The molecule has 0 aliphatic carbocycles. The second-order valence-electron chi connectivity index (χ2n) is 4.21. The van der Waals surface area contributed by atoms with Crippen molar-refractivity contribution in [2.75, 3.05) is 5.32 Å². The normalized spacial score (nSPS) is 10.3. The lowest BCUT2D eigenvalue weighted by Gasteiger charge is -2.09. The molecular formula is C13H12BrN3O3. The number of halogens is 1. The summed E-state index contributed by atoms with van der Waals surface area (Å²) < 4.78 is 0.575. The van der Waals surface area contributed by atoms with Crippen LogP contribution < -0.4 is 5.32 Å². The first-order chi connectivity index (χ1) is 9.49. The van der Waals surface area contributed by atoms with Crippen molar-refractivity contribution < 1.29 is 10.0 Å². The summed E-state index contributed by atoms with van der Waals surface area (Å²) in [5.74, 6) is 0.750. The third-order valence-electron chi connectivity index (χ3n) is 2.83. The number of pyridine rings is 1. The molecule has 0 aliphatic rings. The third kappa shape index (κ3) is 3.05. The molecular weight excluding hydrogens is 326 g/mol. The summed E-state index contributed by atoms with van der Waals surface area (Å²) in [5, 5.41) is 23.1. The highest BCUT2D eigenvalue weighted by molar-refractivity contribution is 9.10. The van der Waals surface area contributed by atoms with Crippen LogP contribution in [0.15, 0.2) is 34.9 Å². The molecule has 0 bridgehead atoms. The number of phenolic OH excluding ortho intramolecular Hbond substituents is 1. The maximum absolute atomic E-state index is 10.8. The van der Waals surface area contributed by atoms with E-state index in [0.29, 0.717) is 22.4 Å². The monoisotopic (exact) mass is 337 g/mol. The maximum atomic E-state index is 10.8. The third-order valence-corrected chi connectivity index (χ3v) is 3.80. The summed E-state index contributed by atoms with van der Waals surface area (Å²) in [6.45, 7) is 2.17. The lowest BCUT2D eigenvalue weighted by atomic mass is 10.2. The Balaban J connectivity index is 2.16. The van der Waals surface area contributed by atoms with Crippen molar-refractivity contribution in [2.24, 2.45) is 0 Å². The van der Waals surface area contributed by atoms with E-state index in [0.717, 1.165) is 5.56 Å². The van der Waals surface area contributed by atoms with E-state index in [4.69, 9.17) is 0 Å². The zero-order valence-electron chi connectivity index (χ0n) is 10.6. The van der Waals surface area contributed by atoms with Crippen LogP contribution in [0.1, 0.15) is 11.1 Å². The zero-order valence-corrected chi connectivity index (χ0v) is 12.2. The fourth-order valence-electron chi connectivity index (χ4n) is 1.68. The van der Waals surface area contributed by atoms with Gasteiger partial charge in [-0.3, -0.25) is 10.1 Å². The Kier molecular flexibility index (Phi) is 4.19. The number of nitrogens with zero attached hydrogens (tertiary/aromatic N) is 2. The van der Waals surface area contributed by atoms with Crippen LogP contribution in [0.25, 0.3) is 0 Å². The minimum atomic E-state index is -0.461. The van der Waals surface area contributed by atoms with Gasteiger partial charge in [0.05, 0.1) is 9.40 Å². The number of rotatable bonds is 4. The van der Waals surface area contributed by atoms with Crippen LogP contribution >= 0.6 is 15.9 Å². The predicted molar refractivity (Wildman–Crippen MR) is 78.8 cm³/mol. The van der Waals surface area contributed by atoms with Gasteiger partial charge in [0.25, 0.3) is 5.69 Å². The largest absolute Gasteiger partial charge is 0.508 e. The lowest BCUT2D eigenvalue weighted by molar-refractivity contribution is -0.385. The first-order valence-corrected chi connectivity index (χ1v) is 6.59. The molecule has 2 aromatic rings. The van der Waals surface area contributed by atoms with Gasteiger partial charge < -0.3 is 10.4 Å². The van der Waals surface area contributed by atoms with Gasteiger partial charge in [-0.15, -0.1) is 0 Å². The Hall–Kier alpha value is -2.15. The minimum absolute atomic E-state index is 0.0212. The number of hydrogen-bond donors (Lipinski definition) is 2. The number of phenols is 1. The summed E-state index contributed by atoms with van der Waals surface area (Å²) in [6.07, 6.45) is 1.24. The van der Waals surface area contributed by atoms with Crippen molar-refractivity contribution in [3.63, 3.8) is 0 Å². The predicted octanol–water partition coefficient (Wildman–Crippen LogP) is 3.38. The van der Waals surface area contributed by atoms with Crippen molar-refractivity contribution in [3.8, 4) is 5.75 Å². The molecule has 0 saturated carbocycles. The second kappa shape index (κ2) is 5.87.